The van der Waals surface area contributed by atoms with E-state index >= 15 is 0 Å². The van der Waals surface area contributed by atoms with Crippen LogP contribution in [0.4, 0.5) is 0 Å². The van der Waals surface area contributed by atoms with Gasteiger partial charge in [-0.15, -0.1) is 0 Å². The van der Waals surface area contributed by atoms with Crippen molar-refractivity contribution in [2.45, 2.75) is 58.5 Å². The molecule has 0 radical (unpaired) electrons. The SMILES string of the molecule is C=CC(=O)OC(COCCCCC)COCCCCC. The van der Waals surface area contributed by atoms with E-state index in [0.717, 1.165) is 25.7 Å². The highest BCUT2D eigenvalue weighted by Crippen LogP contribution is 2.01. The highest BCUT2D eigenvalue weighted by atomic mass is 16.6. The molecule has 4 heteroatoms. The number of rotatable bonds is 14. The first-order valence-electron chi connectivity index (χ1n) is 7.73. The van der Waals surface area contributed by atoms with E-state index in [9.17, 15) is 4.79 Å². The second-order valence-corrected chi connectivity index (χ2v) is 4.83. The van der Waals surface area contributed by atoms with Crippen molar-refractivity contribution in [3.63, 3.8) is 0 Å². The number of carbonyl (C=O) groups is 1. The maximum atomic E-state index is 11.2. The molecule has 0 aliphatic rings. The fraction of sp³-hybridized carbons (Fsp3) is 0.812. The van der Waals surface area contributed by atoms with Gasteiger partial charge in [-0.05, 0) is 12.8 Å². The quantitative estimate of drug-likeness (QED) is 0.278. The minimum atomic E-state index is -0.427. The number of hydrogen-bond donors (Lipinski definition) is 0. The lowest BCUT2D eigenvalue weighted by atomic mass is 10.3. The topological polar surface area (TPSA) is 44.8 Å². The van der Waals surface area contributed by atoms with E-state index < -0.39 is 5.97 Å². The van der Waals surface area contributed by atoms with E-state index in [1.165, 1.54) is 18.9 Å². The summed E-state index contributed by atoms with van der Waals surface area (Å²) in [7, 11) is 0. The summed E-state index contributed by atoms with van der Waals surface area (Å²) in [5.74, 6) is -0.427. The Morgan fingerprint density at radius 2 is 1.50 bits per heavy atom. The van der Waals surface area contributed by atoms with Crippen molar-refractivity contribution < 1.29 is 19.0 Å². The molecule has 0 saturated carbocycles. The van der Waals surface area contributed by atoms with Gasteiger partial charge in [0.2, 0.25) is 0 Å². The average molecular weight is 286 g/mol. The van der Waals surface area contributed by atoms with Crippen LogP contribution >= 0.6 is 0 Å². The first-order chi connectivity index (χ1) is 9.74. The lowest BCUT2D eigenvalue weighted by Crippen LogP contribution is -2.28. The molecule has 0 N–H and O–H groups in total. The maximum absolute atomic E-state index is 11.2. The summed E-state index contributed by atoms with van der Waals surface area (Å²) in [6.07, 6.45) is 7.55. The monoisotopic (exact) mass is 286 g/mol. The van der Waals surface area contributed by atoms with Gasteiger partial charge >= 0.3 is 5.97 Å². The number of carbonyl (C=O) groups excluding carboxylic acids is 1. The molecule has 0 atom stereocenters. The third kappa shape index (κ3) is 12.2. The fourth-order valence-corrected chi connectivity index (χ4v) is 1.67. The molecule has 4 nitrogen and oxygen atoms in total. The zero-order valence-electron chi connectivity index (χ0n) is 13.1. The first-order valence-corrected chi connectivity index (χ1v) is 7.73. The van der Waals surface area contributed by atoms with E-state index in [0.29, 0.717) is 26.4 Å². The summed E-state index contributed by atoms with van der Waals surface area (Å²) in [6, 6.07) is 0. The summed E-state index contributed by atoms with van der Waals surface area (Å²) in [5.41, 5.74) is 0. The molecular formula is C16H30O4. The fourth-order valence-electron chi connectivity index (χ4n) is 1.67. The van der Waals surface area contributed by atoms with Gasteiger partial charge in [0, 0.05) is 19.3 Å². The maximum Gasteiger partial charge on any atom is 0.330 e. The van der Waals surface area contributed by atoms with Gasteiger partial charge in [0.25, 0.3) is 0 Å². The number of ether oxygens (including phenoxy) is 3. The van der Waals surface area contributed by atoms with Crippen LogP contribution in [0.15, 0.2) is 12.7 Å². The van der Waals surface area contributed by atoms with E-state index in [2.05, 4.69) is 20.4 Å². The predicted molar refractivity (Wildman–Crippen MR) is 80.8 cm³/mol. The molecule has 118 valence electrons. The van der Waals surface area contributed by atoms with Gasteiger partial charge in [-0.2, -0.15) is 0 Å². The Bertz CT molecular complexity index is 227. The molecule has 0 heterocycles. The van der Waals surface area contributed by atoms with E-state index in [1.54, 1.807) is 0 Å². The van der Waals surface area contributed by atoms with E-state index in [-0.39, 0.29) is 6.10 Å². The summed E-state index contributed by atoms with van der Waals surface area (Å²) >= 11 is 0. The normalized spacial score (nSPS) is 10.8. The molecule has 20 heavy (non-hydrogen) atoms. The van der Waals surface area contributed by atoms with Crippen LogP contribution in [0, 0.1) is 0 Å². The average Bonchev–Trinajstić information content (AvgIpc) is 2.46. The standard InChI is InChI=1S/C16H30O4/c1-4-7-9-11-18-13-15(20-16(17)6-3)14-19-12-10-8-5-2/h6,15H,3-5,7-14H2,1-2H3. The minimum Gasteiger partial charge on any atom is -0.454 e. The largest absolute Gasteiger partial charge is 0.454 e. The third-order valence-electron chi connectivity index (χ3n) is 2.84. The Labute approximate surface area is 123 Å². The highest BCUT2D eigenvalue weighted by Gasteiger charge is 2.13. The van der Waals surface area contributed by atoms with Crippen LogP contribution in [-0.4, -0.2) is 38.5 Å². The molecule has 0 rings (SSSR count). The van der Waals surface area contributed by atoms with E-state index in [1.807, 2.05) is 0 Å². The Kier molecular flexibility index (Phi) is 13.9. The molecule has 0 aliphatic heterocycles. The van der Waals surface area contributed by atoms with Gasteiger partial charge in [0.15, 0.2) is 0 Å². The summed E-state index contributed by atoms with van der Waals surface area (Å²) in [5, 5.41) is 0. The number of hydrogen-bond acceptors (Lipinski definition) is 4. The lowest BCUT2D eigenvalue weighted by molar-refractivity contribution is -0.150. The van der Waals surface area contributed by atoms with Gasteiger partial charge in [0.1, 0.15) is 6.10 Å². The highest BCUT2D eigenvalue weighted by molar-refractivity contribution is 5.81. The van der Waals surface area contributed by atoms with Crippen molar-refractivity contribution in [3.05, 3.63) is 12.7 Å². The molecule has 0 bridgehead atoms. The smallest absolute Gasteiger partial charge is 0.330 e. The van der Waals surface area contributed by atoms with Crippen LogP contribution in [0.1, 0.15) is 52.4 Å². The zero-order chi connectivity index (χ0) is 15.1. The molecule has 0 saturated heterocycles. The number of unbranched alkanes of at least 4 members (excludes halogenated alkanes) is 4. The molecule has 0 aromatic heterocycles. The first kappa shape index (κ1) is 19.1. The molecule has 0 unspecified atom stereocenters. The van der Waals surface area contributed by atoms with Crippen molar-refractivity contribution >= 4 is 5.97 Å². The molecule has 0 aliphatic carbocycles. The summed E-state index contributed by atoms with van der Waals surface area (Å²) in [4.78, 5) is 11.2. The van der Waals surface area contributed by atoms with Gasteiger partial charge < -0.3 is 14.2 Å². The van der Waals surface area contributed by atoms with Crippen LogP contribution in [0.2, 0.25) is 0 Å². The molecular weight excluding hydrogens is 256 g/mol. The van der Waals surface area contributed by atoms with Crippen molar-refractivity contribution in [3.8, 4) is 0 Å². The predicted octanol–water partition coefficient (Wildman–Crippen LogP) is 3.50. The van der Waals surface area contributed by atoms with Gasteiger partial charge in [-0.25, -0.2) is 4.79 Å². The number of esters is 1. The summed E-state index contributed by atoms with van der Waals surface area (Å²) in [6.45, 7) is 9.87. The molecule has 0 aromatic rings. The van der Waals surface area contributed by atoms with Crippen LogP contribution in [0.25, 0.3) is 0 Å². The Hall–Kier alpha value is -0.870. The van der Waals surface area contributed by atoms with Crippen LogP contribution < -0.4 is 0 Å². The lowest BCUT2D eigenvalue weighted by Gasteiger charge is -2.17. The van der Waals surface area contributed by atoms with E-state index in [4.69, 9.17) is 14.2 Å². The van der Waals surface area contributed by atoms with Crippen LogP contribution in [0.5, 0.6) is 0 Å². The Balaban J connectivity index is 3.82. The van der Waals surface area contributed by atoms with Crippen LogP contribution in [0.3, 0.4) is 0 Å². The molecule has 0 spiro atoms. The Morgan fingerprint density at radius 1 is 1.00 bits per heavy atom. The second-order valence-electron chi connectivity index (χ2n) is 4.83. The van der Waals surface area contributed by atoms with Crippen LogP contribution in [-0.2, 0) is 19.0 Å². The third-order valence-corrected chi connectivity index (χ3v) is 2.84. The molecule has 0 fully saturated rings. The van der Waals surface area contributed by atoms with Gasteiger partial charge in [-0.1, -0.05) is 46.1 Å². The second kappa shape index (κ2) is 14.5. The zero-order valence-corrected chi connectivity index (χ0v) is 13.1. The molecule has 0 amide bonds. The Morgan fingerprint density at radius 3 is 1.90 bits per heavy atom. The van der Waals surface area contributed by atoms with Crippen molar-refractivity contribution in [1.29, 1.82) is 0 Å². The summed E-state index contributed by atoms with van der Waals surface area (Å²) < 4.78 is 16.3. The van der Waals surface area contributed by atoms with Gasteiger partial charge in [0.05, 0.1) is 13.2 Å². The van der Waals surface area contributed by atoms with Crippen molar-refractivity contribution in [2.24, 2.45) is 0 Å². The molecule has 0 aromatic carbocycles. The minimum absolute atomic E-state index is 0.344. The van der Waals surface area contributed by atoms with Crippen molar-refractivity contribution in [1.82, 2.24) is 0 Å². The van der Waals surface area contributed by atoms with Gasteiger partial charge in [-0.3, -0.25) is 0 Å². The van der Waals surface area contributed by atoms with Crippen molar-refractivity contribution in [2.75, 3.05) is 26.4 Å².